The normalized spacial score (nSPS) is 16.0. The van der Waals surface area contributed by atoms with Gasteiger partial charge < -0.3 is 5.11 Å². The van der Waals surface area contributed by atoms with Gasteiger partial charge in [0.1, 0.15) is 0 Å². The minimum absolute atomic E-state index is 0.178. The second kappa shape index (κ2) is 6.78. The van der Waals surface area contributed by atoms with Gasteiger partial charge in [0.15, 0.2) is 0 Å². The van der Waals surface area contributed by atoms with Crippen molar-refractivity contribution in [3.8, 4) is 0 Å². The molecule has 1 aliphatic carbocycles. The summed E-state index contributed by atoms with van der Waals surface area (Å²) in [5.74, 6) is 0. The first-order valence-electron chi connectivity index (χ1n) is 7.70. The number of hydrogen-bond acceptors (Lipinski definition) is 3. The van der Waals surface area contributed by atoms with Crippen LogP contribution in [0.1, 0.15) is 24.0 Å². The van der Waals surface area contributed by atoms with E-state index in [-0.39, 0.29) is 12.0 Å². The molecule has 0 saturated heterocycles. The van der Waals surface area contributed by atoms with Crippen LogP contribution in [0.4, 0.5) is 0 Å². The lowest BCUT2D eigenvalue weighted by molar-refractivity contribution is 0.178. The number of hydrogen-bond donors (Lipinski definition) is 1. The number of aliphatic hydroxyl groups excluding tert-OH is 1. The van der Waals surface area contributed by atoms with Crippen LogP contribution in [0.2, 0.25) is 5.02 Å². The summed E-state index contributed by atoms with van der Waals surface area (Å²) < 4.78 is 0. The number of halogens is 1. The average Bonchev–Trinajstić information content (AvgIpc) is 3.30. The lowest BCUT2D eigenvalue weighted by Gasteiger charge is -2.27. The molecule has 0 aliphatic heterocycles. The van der Waals surface area contributed by atoms with Gasteiger partial charge in [-0.1, -0.05) is 29.8 Å². The zero-order chi connectivity index (χ0) is 15.4. The van der Waals surface area contributed by atoms with Crippen molar-refractivity contribution in [2.45, 2.75) is 24.8 Å². The molecule has 0 radical (unpaired) electrons. The van der Waals surface area contributed by atoms with Crippen LogP contribution < -0.4 is 0 Å². The number of aromatic nitrogens is 1. The second-order valence-electron chi connectivity index (χ2n) is 6.08. The van der Waals surface area contributed by atoms with Gasteiger partial charge in [-0.05, 0) is 42.2 Å². The molecule has 1 saturated carbocycles. The Hall–Kier alpha value is -1.42. The highest BCUT2D eigenvalue weighted by Crippen LogP contribution is 2.49. The highest BCUT2D eigenvalue weighted by atomic mass is 35.5. The quantitative estimate of drug-likeness (QED) is 0.851. The zero-order valence-corrected chi connectivity index (χ0v) is 13.3. The molecule has 1 N–H and O–H groups in total. The summed E-state index contributed by atoms with van der Waals surface area (Å²) in [6, 6.07) is 12.2. The number of nitrogens with zero attached hydrogens (tertiary/aromatic N) is 2. The Morgan fingerprint density at radius 3 is 2.55 bits per heavy atom. The van der Waals surface area contributed by atoms with E-state index in [9.17, 15) is 5.11 Å². The van der Waals surface area contributed by atoms with Crippen molar-refractivity contribution in [2.75, 3.05) is 19.7 Å². The number of rotatable bonds is 7. The van der Waals surface area contributed by atoms with Gasteiger partial charge in [0.25, 0.3) is 0 Å². The van der Waals surface area contributed by atoms with E-state index in [1.807, 2.05) is 24.4 Å². The van der Waals surface area contributed by atoms with Crippen LogP contribution >= 0.6 is 11.6 Å². The average molecular weight is 317 g/mol. The fourth-order valence-corrected chi connectivity index (χ4v) is 3.15. The van der Waals surface area contributed by atoms with Crippen LogP contribution in [0, 0.1) is 0 Å². The molecule has 0 amide bonds. The van der Waals surface area contributed by atoms with E-state index in [2.05, 4.69) is 28.1 Å². The Kier molecular flexibility index (Phi) is 4.77. The monoisotopic (exact) mass is 316 g/mol. The molecular formula is C18H21ClN2O. The molecule has 1 fully saturated rings. The van der Waals surface area contributed by atoms with Crippen molar-refractivity contribution in [3.63, 3.8) is 0 Å². The van der Waals surface area contributed by atoms with Crippen LogP contribution in [-0.2, 0) is 12.0 Å². The van der Waals surface area contributed by atoms with E-state index in [1.54, 1.807) is 6.20 Å². The van der Waals surface area contributed by atoms with Crippen LogP contribution in [0.25, 0.3) is 0 Å². The first kappa shape index (κ1) is 15.5. The highest BCUT2D eigenvalue weighted by Gasteiger charge is 2.45. The molecule has 22 heavy (non-hydrogen) atoms. The third kappa shape index (κ3) is 3.67. The standard InChI is InChI=1S/C18H21ClN2O/c19-17-5-3-16(4-6-17)18(7-8-18)14-21(10-11-22)13-15-2-1-9-20-12-15/h1-6,9,12,22H,7-8,10-11,13-14H2. The van der Waals surface area contributed by atoms with E-state index in [1.165, 1.54) is 24.0 Å². The van der Waals surface area contributed by atoms with Crippen molar-refractivity contribution < 1.29 is 5.11 Å². The lowest BCUT2D eigenvalue weighted by Crippen LogP contribution is -2.34. The Morgan fingerprint density at radius 2 is 1.95 bits per heavy atom. The summed E-state index contributed by atoms with van der Waals surface area (Å²) in [4.78, 5) is 6.49. The molecule has 1 heterocycles. The molecule has 1 aromatic heterocycles. The van der Waals surface area contributed by atoms with Gasteiger partial charge in [-0.2, -0.15) is 0 Å². The molecule has 0 bridgehead atoms. The molecule has 3 rings (SSSR count). The minimum Gasteiger partial charge on any atom is -0.395 e. The maximum atomic E-state index is 9.36. The maximum Gasteiger partial charge on any atom is 0.0558 e. The third-order valence-corrected chi connectivity index (χ3v) is 4.63. The Labute approximate surface area is 136 Å². The van der Waals surface area contributed by atoms with Gasteiger partial charge in [0, 0.05) is 42.5 Å². The number of pyridine rings is 1. The topological polar surface area (TPSA) is 36.4 Å². The zero-order valence-electron chi connectivity index (χ0n) is 12.6. The molecule has 116 valence electrons. The molecule has 0 spiro atoms. The third-order valence-electron chi connectivity index (χ3n) is 4.38. The van der Waals surface area contributed by atoms with Crippen molar-refractivity contribution in [1.82, 2.24) is 9.88 Å². The fourth-order valence-electron chi connectivity index (χ4n) is 3.03. The van der Waals surface area contributed by atoms with Crippen molar-refractivity contribution in [2.24, 2.45) is 0 Å². The van der Waals surface area contributed by atoms with E-state index >= 15 is 0 Å². The van der Waals surface area contributed by atoms with Crippen LogP contribution in [-0.4, -0.2) is 34.7 Å². The van der Waals surface area contributed by atoms with Crippen LogP contribution in [0.3, 0.4) is 0 Å². The molecule has 2 aromatic rings. The SMILES string of the molecule is OCCN(Cc1cccnc1)CC1(c2ccc(Cl)cc2)CC1. The molecule has 0 atom stereocenters. The van der Waals surface area contributed by atoms with Crippen LogP contribution in [0.15, 0.2) is 48.8 Å². The van der Waals surface area contributed by atoms with E-state index < -0.39 is 0 Å². The first-order valence-corrected chi connectivity index (χ1v) is 8.08. The summed E-state index contributed by atoms with van der Waals surface area (Å²) >= 11 is 5.99. The second-order valence-corrected chi connectivity index (χ2v) is 6.52. The number of benzene rings is 1. The molecule has 0 unspecified atom stereocenters. The summed E-state index contributed by atoms with van der Waals surface area (Å²) in [5, 5.41) is 10.1. The van der Waals surface area contributed by atoms with E-state index in [0.717, 1.165) is 18.1 Å². The predicted molar refractivity (Wildman–Crippen MR) is 89.0 cm³/mol. The summed E-state index contributed by atoms with van der Waals surface area (Å²) in [7, 11) is 0. The summed E-state index contributed by atoms with van der Waals surface area (Å²) in [6.07, 6.45) is 6.08. The van der Waals surface area contributed by atoms with E-state index in [0.29, 0.717) is 6.54 Å². The molecular weight excluding hydrogens is 296 g/mol. The van der Waals surface area contributed by atoms with Gasteiger partial charge in [-0.3, -0.25) is 9.88 Å². The van der Waals surface area contributed by atoms with Crippen molar-refractivity contribution in [3.05, 3.63) is 64.9 Å². The van der Waals surface area contributed by atoms with Gasteiger partial charge in [-0.25, -0.2) is 0 Å². The summed E-state index contributed by atoms with van der Waals surface area (Å²) in [6.45, 7) is 2.65. The summed E-state index contributed by atoms with van der Waals surface area (Å²) in [5.41, 5.74) is 2.76. The Morgan fingerprint density at radius 1 is 1.18 bits per heavy atom. The highest BCUT2D eigenvalue weighted by molar-refractivity contribution is 6.30. The first-order chi connectivity index (χ1) is 10.7. The van der Waals surface area contributed by atoms with Crippen LogP contribution in [0.5, 0.6) is 0 Å². The largest absolute Gasteiger partial charge is 0.395 e. The van der Waals surface area contributed by atoms with Gasteiger partial charge in [0.05, 0.1) is 6.61 Å². The molecule has 1 aliphatic rings. The van der Waals surface area contributed by atoms with Gasteiger partial charge >= 0.3 is 0 Å². The molecule has 3 nitrogen and oxygen atoms in total. The molecule has 1 aromatic carbocycles. The Balaban J connectivity index is 1.71. The Bertz CT molecular complexity index is 596. The fraction of sp³-hybridized carbons (Fsp3) is 0.389. The lowest BCUT2D eigenvalue weighted by atomic mass is 9.95. The van der Waals surface area contributed by atoms with Gasteiger partial charge in [-0.15, -0.1) is 0 Å². The predicted octanol–water partition coefficient (Wildman–Crippen LogP) is 3.26. The van der Waals surface area contributed by atoms with Crippen molar-refractivity contribution in [1.29, 1.82) is 0 Å². The van der Waals surface area contributed by atoms with Gasteiger partial charge in [0.2, 0.25) is 0 Å². The van der Waals surface area contributed by atoms with Crippen molar-refractivity contribution >= 4 is 11.6 Å². The van der Waals surface area contributed by atoms with E-state index in [4.69, 9.17) is 11.6 Å². The molecule has 4 heteroatoms. The number of aliphatic hydroxyl groups is 1. The smallest absolute Gasteiger partial charge is 0.0558 e. The maximum absolute atomic E-state index is 9.36. The minimum atomic E-state index is 0.178.